The number of nitrogens with two attached hydrogens (primary N) is 1. The largest absolute Gasteiger partial charge is 0.480 e. The van der Waals surface area contributed by atoms with Gasteiger partial charge in [0.1, 0.15) is 0 Å². The van der Waals surface area contributed by atoms with Gasteiger partial charge >= 0.3 is 12.0 Å². The molecule has 0 aliphatic heterocycles. The summed E-state index contributed by atoms with van der Waals surface area (Å²) < 4.78 is 0. The maximum Gasteiger partial charge on any atom is 0.328 e. The van der Waals surface area contributed by atoms with Gasteiger partial charge in [0.15, 0.2) is 6.04 Å². The second-order valence-corrected chi connectivity index (χ2v) is 2.62. The zero-order valence-electron chi connectivity index (χ0n) is 7.69. The van der Waals surface area contributed by atoms with Gasteiger partial charge in [-0.05, 0) is 13.0 Å². The van der Waals surface area contributed by atoms with Crippen LogP contribution in [0, 0.1) is 0 Å². The highest BCUT2D eigenvalue weighted by atomic mass is 16.4. The van der Waals surface area contributed by atoms with Gasteiger partial charge in [0.2, 0.25) is 0 Å². The first kappa shape index (κ1) is 12.7. The number of urea groups is 1. The Morgan fingerprint density at radius 3 is 2.50 bits per heavy atom. The van der Waals surface area contributed by atoms with E-state index in [4.69, 9.17) is 15.9 Å². The molecule has 0 heterocycles. The summed E-state index contributed by atoms with van der Waals surface area (Å²) in [5, 5.41) is 21.5. The van der Waals surface area contributed by atoms with Crippen molar-refractivity contribution in [3.63, 3.8) is 0 Å². The highest BCUT2D eigenvalue weighted by Gasteiger charge is 2.17. The number of hydrogen-bond acceptors (Lipinski definition) is 4. The molecule has 2 amide bonds. The van der Waals surface area contributed by atoms with Crippen molar-refractivity contribution in [2.24, 2.45) is 5.73 Å². The van der Waals surface area contributed by atoms with Crippen LogP contribution in [0.3, 0.4) is 0 Å². The van der Waals surface area contributed by atoms with Crippen LogP contribution in [0.1, 0.15) is 6.42 Å². The number of aliphatic hydroxyl groups is 1. The minimum atomic E-state index is -1.28. The third-order valence-corrected chi connectivity index (χ3v) is 1.45. The van der Waals surface area contributed by atoms with E-state index in [-0.39, 0.29) is 0 Å². The van der Waals surface area contributed by atoms with E-state index >= 15 is 0 Å². The van der Waals surface area contributed by atoms with Crippen LogP contribution in [-0.2, 0) is 4.79 Å². The fraction of sp³-hybridized carbons (Fsp3) is 0.714. The van der Waals surface area contributed by atoms with Gasteiger partial charge in [0, 0.05) is 6.54 Å². The molecule has 82 valence electrons. The molecular weight excluding hydrogens is 190 g/mol. The normalized spacial score (nSPS) is 11.9. The monoisotopic (exact) mass is 205 g/mol. The molecule has 0 saturated carbocycles. The van der Waals surface area contributed by atoms with Crippen LogP contribution in [0.25, 0.3) is 0 Å². The van der Waals surface area contributed by atoms with Crippen LogP contribution in [0.2, 0.25) is 0 Å². The minimum absolute atomic E-state index is 0.375. The molecule has 0 aliphatic carbocycles. The lowest BCUT2D eigenvalue weighted by Gasteiger charge is -2.12. The van der Waals surface area contributed by atoms with Crippen LogP contribution < -0.4 is 16.4 Å². The topological polar surface area (TPSA) is 125 Å². The number of carboxylic acid groups (broad SMARTS) is 1. The van der Waals surface area contributed by atoms with E-state index in [1.54, 1.807) is 0 Å². The third-order valence-electron chi connectivity index (χ3n) is 1.45. The number of aliphatic carboxylic acids is 1. The zero-order chi connectivity index (χ0) is 11.0. The molecule has 7 heteroatoms. The number of carboxylic acids is 1. The summed E-state index contributed by atoms with van der Waals surface area (Å²) in [5.41, 5.74) is 5.18. The Balaban J connectivity index is 3.74. The summed E-state index contributed by atoms with van der Waals surface area (Å²) in [6.07, 6.45) is 0.615. The van der Waals surface area contributed by atoms with Gasteiger partial charge in [-0.2, -0.15) is 0 Å². The van der Waals surface area contributed by atoms with Crippen molar-refractivity contribution in [1.82, 2.24) is 10.6 Å². The molecule has 14 heavy (non-hydrogen) atoms. The summed E-state index contributed by atoms with van der Waals surface area (Å²) in [4.78, 5) is 21.3. The van der Waals surface area contributed by atoms with Gasteiger partial charge < -0.3 is 26.6 Å². The maximum atomic E-state index is 11.0. The van der Waals surface area contributed by atoms with Crippen molar-refractivity contribution in [2.45, 2.75) is 12.5 Å². The molecule has 0 aromatic rings. The van der Waals surface area contributed by atoms with Crippen molar-refractivity contribution < 1.29 is 19.8 Å². The van der Waals surface area contributed by atoms with Gasteiger partial charge in [0.25, 0.3) is 0 Å². The first-order valence-electron chi connectivity index (χ1n) is 4.20. The van der Waals surface area contributed by atoms with E-state index in [1.807, 2.05) is 0 Å². The van der Waals surface area contributed by atoms with Crippen molar-refractivity contribution >= 4 is 12.0 Å². The number of hydrogen-bond donors (Lipinski definition) is 5. The molecule has 0 unspecified atom stereocenters. The Bertz CT molecular complexity index is 197. The summed E-state index contributed by atoms with van der Waals surface area (Å²) in [5.74, 6) is -1.28. The predicted molar refractivity (Wildman–Crippen MR) is 48.7 cm³/mol. The second-order valence-electron chi connectivity index (χ2n) is 2.62. The summed E-state index contributed by atoms with van der Waals surface area (Å²) >= 11 is 0. The molecule has 0 aliphatic rings. The maximum absolute atomic E-state index is 11.0. The molecule has 0 aromatic heterocycles. The second kappa shape index (κ2) is 7.10. The quantitative estimate of drug-likeness (QED) is 0.323. The van der Waals surface area contributed by atoms with Gasteiger partial charge in [-0.25, -0.2) is 9.59 Å². The average molecular weight is 205 g/mol. The number of carbonyl (C=O) groups excluding carboxylic acids is 1. The molecule has 0 spiro atoms. The predicted octanol–water partition coefficient (Wildman–Crippen LogP) is -1.92. The van der Waals surface area contributed by atoms with Crippen LogP contribution in [0.5, 0.6) is 0 Å². The molecule has 0 bridgehead atoms. The van der Waals surface area contributed by atoms with E-state index < -0.39 is 24.6 Å². The van der Waals surface area contributed by atoms with Crippen LogP contribution in [0.4, 0.5) is 4.79 Å². The van der Waals surface area contributed by atoms with E-state index in [1.165, 1.54) is 0 Å². The fourth-order valence-corrected chi connectivity index (χ4v) is 0.699. The SMILES string of the molecule is NCCCNC(=O)N[C@@H](CO)C(=O)O. The zero-order valence-corrected chi connectivity index (χ0v) is 7.69. The lowest BCUT2D eigenvalue weighted by molar-refractivity contribution is -0.140. The highest BCUT2D eigenvalue weighted by Crippen LogP contribution is 1.82. The number of rotatable bonds is 6. The first-order chi connectivity index (χ1) is 6.61. The summed E-state index contributed by atoms with van der Waals surface area (Å²) in [6.45, 7) is 0.183. The molecular formula is C7H15N3O4. The highest BCUT2D eigenvalue weighted by molar-refractivity contribution is 5.82. The van der Waals surface area contributed by atoms with Crippen LogP contribution >= 0.6 is 0 Å². The Hall–Kier alpha value is -1.34. The molecule has 0 rings (SSSR count). The van der Waals surface area contributed by atoms with E-state index in [9.17, 15) is 9.59 Å². The Kier molecular flexibility index (Phi) is 6.42. The molecule has 0 saturated heterocycles. The summed E-state index contributed by atoms with van der Waals surface area (Å²) in [6, 6.07) is -1.90. The molecule has 6 N–H and O–H groups in total. The van der Waals surface area contributed by atoms with Crippen LogP contribution in [0.15, 0.2) is 0 Å². The van der Waals surface area contributed by atoms with E-state index in [2.05, 4.69) is 10.6 Å². The van der Waals surface area contributed by atoms with Crippen molar-refractivity contribution in [3.05, 3.63) is 0 Å². The Morgan fingerprint density at radius 2 is 2.07 bits per heavy atom. The number of aliphatic hydroxyl groups excluding tert-OH is 1. The fourth-order valence-electron chi connectivity index (χ4n) is 0.699. The molecule has 0 fully saturated rings. The number of nitrogens with one attached hydrogen (secondary N) is 2. The van der Waals surface area contributed by atoms with Crippen molar-refractivity contribution in [3.8, 4) is 0 Å². The minimum Gasteiger partial charge on any atom is -0.480 e. The number of carbonyl (C=O) groups is 2. The molecule has 1 atom stereocenters. The first-order valence-corrected chi connectivity index (χ1v) is 4.20. The van der Waals surface area contributed by atoms with Gasteiger partial charge in [-0.3, -0.25) is 0 Å². The lowest BCUT2D eigenvalue weighted by Crippen LogP contribution is -2.48. The average Bonchev–Trinajstić information content (AvgIpc) is 2.14. The van der Waals surface area contributed by atoms with Crippen molar-refractivity contribution in [2.75, 3.05) is 19.7 Å². The number of amides is 2. The van der Waals surface area contributed by atoms with E-state index in [0.717, 1.165) is 0 Å². The van der Waals surface area contributed by atoms with Crippen molar-refractivity contribution in [1.29, 1.82) is 0 Å². The van der Waals surface area contributed by atoms with Gasteiger partial charge in [-0.15, -0.1) is 0 Å². The smallest absolute Gasteiger partial charge is 0.328 e. The Labute approximate surface area is 81.3 Å². The van der Waals surface area contributed by atoms with Gasteiger partial charge in [0.05, 0.1) is 6.61 Å². The molecule has 0 aromatic carbocycles. The van der Waals surface area contributed by atoms with Crippen LogP contribution in [-0.4, -0.2) is 48.0 Å². The standard InChI is InChI=1S/C7H15N3O4/c8-2-1-3-9-7(14)10-5(4-11)6(12)13/h5,11H,1-4,8H2,(H,12,13)(H2,9,10,14)/t5-/m0/s1. The van der Waals surface area contributed by atoms with Gasteiger partial charge in [-0.1, -0.05) is 0 Å². The lowest BCUT2D eigenvalue weighted by atomic mass is 10.3. The summed E-state index contributed by atoms with van der Waals surface area (Å²) in [7, 11) is 0. The third kappa shape index (κ3) is 5.33. The Morgan fingerprint density at radius 1 is 1.43 bits per heavy atom. The molecule has 7 nitrogen and oxygen atoms in total. The van der Waals surface area contributed by atoms with E-state index in [0.29, 0.717) is 19.5 Å². The molecule has 0 radical (unpaired) electrons.